The van der Waals surface area contributed by atoms with E-state index in [1.165, 1.54) is 12.8 Å². The standard InChI is InChI=1S/C39H36ClN7O2/c1-24-30(6-4-7-31(24)39-45-34-18-25(21-46-13-2-3-14-46)16-28(19-41)37(34)49-39)32-8-5-9-33(35(32)40)44-38-36-27(10-12-42-38)17-26(20-43-36)22-47-15-11-29(48)23-47/h4-10,12,16-18,20,29,48H,2-3,11,13-15,21-23H2,1H3,(H,42,44)/t29-/m1/s1. The first-order valence-electron chi connectivity index (χ1n) is 16.8. The Balaban J connectivity index is 1.09. The fourth-order valence-electron chi connectivity index (χ4n) is 7.20. The number of fused-ring (bicyclic) bond motifs is 2. The molecule has 0 radical (unpaired) electrons. The molecule has 2 saturated heterocycles. The number of hydrogen-bond donors (Lipinski definition) is 2. The summed E-state index contributed by atoms with van der Waals surface area (Å²) < 4.78 is 6.28. The molecule has 2 aliphatic heterocycles. The maximum Gasteiger partial charge on any atom is 0.227 e. The number of likely N-dealkylation sites (tertiary alicyclic amines) is 2. The molecule has 49 heavy (non-hydrogen) atoms. The summed E-state index contributed by atoms with van der Waals surface area (Å²) in [7, 11) is 0. The predicted molar refractivity (Wildman–Crippen MR) is 193 cm³/mol. The zero-order valence-electron chi connectivity index (χ0n) is 27.3. The second kappa shape index (κ2) is 13.2. The van der Waals surface area contributed by atoms with E-state index < -0.39 is 0 Å². The Labute approximate surface area is 289 Å². The van der Waals surface area contributed by atoms with E-state index in [-0.39, 0.29) is 6.10 Å². The molecule has 0 amide bonds. The molecule has 5 heterocycles. The average Bonchev–Trinajstić information content (AvgIpc) is 3.87. The quantitative estimate of drug-likeness (QED) is 0.167. The number of aliphatic hydroxyl groups is 1. The second-order valence-electron chi connectivity index (χ2n) is 13.1. The van der Waals surface area contributed by atoms with E-state index in [1.54, 1.807) is 6.20 Å². The Morgan fingerprint density at radius 2 is 1.76 bits per heavy atom. The van der Waals surface area contributed by atoms with Crippen LogP contribution in [0.3, 0.4) is 0 Å². The number of hydrogen-bond acceptors (Lipinski definition) is 9. The average molecular weight is 670 g/mol. The number of aliphatic hydroxyl groups excluding tert-OH is 1. The van der Waals surface area contributed by atoms with Crippen LogP contribution < -0.4 is 5.32 Å². The van der Waals surface area contributed by atoms with Crippen LogP contribution in [0.25, 0.3) is 44.6 Å². The molecule has 3 aromatic heterocycles. The van der Waals surface area contributed by atoms with Gasteiger partial charge in [0.05, 0.1) is 22.4 Å². The number of nitriles is 1. The molecule has 0 bridgehead atoms. The first-order valence-corrected chi connectivity index (χ1v) is 17.2. The minimum absolute atomic E-state index is 0.252. The molecule has 2 N–H and O–H groups in total. The lowest BCUT2D eigenvalue weighted by molar-refractivity contribution is 0.175. The van der Waals surface area contributed by atoms with Crippen LogP contribution in [0.2, 0.25) is 5.02 Å². The van der Waals surface area contributed by atoms with Crippen molar-refractivity contribution in [2.75, 3.05) is 31.5 Å². The summed E-state index contributed by atoms with van der Waals surface area (Å²) in [6, 6.07) is 22.3. The van der Waals surface area contributed by atoms with Gasteiger partial charge in [-0.05, 0) is 97.9 Å². The van der Waals surface area contributed by atoms with E-state index in [0.717, 1.165) is 83.4 Å². The maximum absolute atomic E-state index is 9.95. The smallest absolute Gasteiger partial charge is 0.227 e. The summed E-state index contributed by atoms with van der Waals surface area (Å²) in [5.74, 6) is 1.09. The lowest BCUT2D eigenvalue weighted by atomic mass is 9.96. The van der Waals surface area contributed by atoms with Crippen molar-refractivity contribution in [1.82, 2.24) is 24.8 Å². The number of pyridine rings is 2. The Kier molecular flexibility index (Phi) is 8.48. The number of oxazole rings is 1. The van der Waals surface area contributed by atoms with Crippen LogP contribution in [-0.4, -0.2) is 62.1 Å². The van der Waals surface area contributed by atoms with Crippen LogP contribution in [0.15, 0.2) is 77.5 Å². The SMILES string of the molecule is Cc1c(-c2nc3cc(CN4CCCC4)cc(C#N)c3o2)cccc1-c1cccc(Nc2nccc3cc(CN4CC[C@@H](O)C4)cnc23)c1Cl. The Morgan fingerprint density at radius 3 is 2.57 bits per heavy atom. The van der Waals surface area contributed by atoms with Crippen molar-refractivity contribution in [3.8, 4) is 28.7 Å². The van der Waals surface area contributed by atoms with Crippen LogP contribution in [0.5, 0.6) is 0 Å². The molecular formula is C39H36ClN7O2. The van der Waals surface area contributed by atoms with Gasteiger partial charge >= 0.3 is 0 Å². The highest BCUT2D eigenvalue weighted by atomic mass is 35.5. The van der Waals surface area contributed by atoms with E-state index in [9.17, 15) is 10.4 Å². The molecule has 2 aliphatic rings. The van der Waals surface area contributed by atoms with E-state index in [4.69, 9.17) is 26.0 Å². The molecule has 0 unspecified atom stereocenters. The van der Waals surface area contributed by atoms with E-state index in [1.807, 2.05) is 67.7 Å². The zero-order valence-corrected chi connectivity index (χ0v) is 28.0. The molecule has 0 aliphatic carbocycles. The number of aromatic nitrogens is 3. The van der Waals surface area contributed by atoms with Crippen molar-refractivity contribution in [2.24, 2.45) is 0 Å². The molecule has 246 valence electrons. The van der Waals surface area contributed by atoms with Gasteiger partial charge in [-0.3, -0.25) is 14.8 Å². The van der Waals surface area contributed by atoms with Gasteiger partial charge < -0.3 is 14.8 Å². The lowest BCUT2D eigenvalue weighted by Gasteiger charge is -2.16. The fourth-order valence-corrected chi connectivity index (χ4v) is 7.48. The van der Waals surface area contributed by atoms with E-state index >= 15 is 0 Å². The van der Waals surface area contributed by atoms with Crippen molar-refractivity contribution in [3.63, 3.8) is 0 Å². The van der Waals surface area contributed by atoms with Crippen molar-refractivity contribution in [3.05, 3.63) is 100 Å². The van der Waals surface area contributed by atoms with Gasteiger partial charge in [-0.25, -0.2) is 9.97 Å². The van der Waals surface area contributed by atoms with E-state index in [2.05, 4.69) is 32.2 Å². The summed E-state index contributed by atoms with van der Waals surface area (Å²) in [4.78, 5) is 18.9. The van der Waals surface area contributed by atoms with Gasteiger partial charge in [0.25, 0.3) is 0 Å². The highest BCUT2D eigenvalue weighted by Gasteiger charge is 2.22. The van der Waals surface area contributed by atoms with Crippen LogP contribution in [0, 0.1) is 18.3 Å². The highest BCUT2D eigenvalue weighted by molar-refractivity contribution is 6.36. The van der Waals surface area contributed by atoms with Crippen LogP contribution in [-0.2, 0) is 13.1 Å². The summed E-state index contributed by atoms with van der Waals surface area (Å²) in [5, 5.41) is 24.8. The molecule has 0 spiro atoms. The first-order chi connectivity index (χ1) is 23.9. The van der Waals surface area contributed by atoms with Gasteiger partial charge in [0, 0.05) is 55.1 Å². The van der Waals surface area contributed by atoms with Gasteiger partial charge in [-0.2, -0.15) is 5.26 Å². The monoisotopic (exact) mass is 669 g/mol. The van der Waals surface area contributed by atoms with E-state index in [0.29, 0.717) is 45.6 Å². The molecule has 6 aromatic rings. The number of nitrogens with zero attached hydrogens (tertiary/aromatic N) is 6. The Bertz CT molecular complexity index is 2240. The summed E-state index contributed by atoms with van der Waals surface area (Å²) in [6.45, 7) is 7.33. The van der Waals surface area contributed by atoms with Crippen LogP contribution in [0.1, 0.15) is 41.5 Å². The maximum atomic E-state index is 9.95. The Morgan fingerprint density at radius 1 is 0.959 bits per heavy atom. The number of rotatable bonds is 8. The van der Waals surface area contributed by atoms with Crippen molar-refractivity contribution < 1.29 is 9.52 Å². The minimum atomic E-state index is -0.252. The number of anilines is 2. The second-order valence-corrected chi connectivity index (χ2v) is 13.5. The molecule has 8 rings (SSSR count). The van der Waals surface area contributed by atoms with Crippen molar-refractivity contribution in [2.45, 2.75) is 45.4 Å². The van der Waals surface area contributed by atoms with Crippen LogP contribution in [0.4, 0.5) is 11.5 Å². The molecular weight excluding hydrogens is 634 g/mol. The number of benzene rings is 3. The lowest BCUT2D eigenvalue weighted by Crippen LogP contribution is -2.21. The molecule has 3 aromatic carbocycles. The number of halogens is 1. The molecule has 1 atom stereocenters. The van der Waals surface area contributed by atoms with Gasteiger partial charge in [0.1, 0.15) is 17.1 Å². The highest BCUT2D eigenvalue weighted by Crippen LogP contribution is 2.40. The summed E-state index contributed by atoms with van der Waals surface area (Å²) in [6.07, 6.45) is 6.64. The summed E-state index contributed by atoms with van der Waals surface area (Å²) >= 11 is 7.12. The third kappa shape index (κ3) is 6.25. The largest absolute Gasteiger partial charge is 0.435 e. The normalized spacial score (nSPS) is 16.9. The summed E-state index contributed by atoms with van der Waals surface area (Å²) in [5.41, 5.74) is 8.95. The molecule has 0 saturated carbocycles. The van der Waals surface area contributed by atoms with Crippen LogP contribution >= 0.6 is 11.6 Å². The van der Waals surface area contributed by atoms with Gasteiger partial charge in [0.15, 0.2) is 11.4 Å². The number of β-amino-alcohol motifs (C(OH)–C–C–N with tert-alkyl or cyclic N) is 1. The van der Waals surface area contributed by atoms with Crippen molar-refractivity contribution >= 4 is 45.1 Å². The topological polar surface area (TPSA) is 114 Å². The number of nitrogens with one attached hydrogen (secondary N) is 1. The van der Waals surface area contributed by atoms with Gasteiger partial charge in [0.2, 0.25) is 5.89 Å². The fraction of sp³-hybridized carbons (Fsp3) is 0.282. The molecule has 2 fully saturated rings. The Hall–Kier alpha value is -4.85. The third-order valence-electron chi connectivity index (χ3n) is 9.69. The zero-order chi connectivity index (χ0) is 33.5. The predicted octanol–water partition coefficient (Wildman–Crippen LogP) is 7.84. The minimum Gasteiger partial charge on any atom is -0.435 e. The molecule has 10 heteroatoms. The first kappa shape index (κ1) is 31.4. The molecule has 9 nitrogen and oxygen atoms in total. The van der Waals surface area contributed by atoms with Gasteiger partial charge in [-0.1, -0.05) is 35.9 Å². The van der Waals surface area contributed by atoms with Crippen molar-refractivity contribution in [1.29, 1.82) is 5.26 Å². The third-order valence-corrected chi connectivity index (χ3v) is 10.1. The van der Waals surface area contributed by atoms with Gasteiger partial charge in [-0.15, -0.1) is 0 Å².